The first-order valence-electron chi connectivity index (χ1n) is 8.69. The third-order valence-electron chi connectivity index (χ3n) is 3.87. The van der Waals surface area contributed by atoms with Gasteiger partial charge in [0.25, 0.3) is 0 Å². The van der Waals surface area contributed by atoms with Crippen LogP contribution in [0.15, 0.2) is 55.1 Å². The molecule has 0 fully saturated rings. The lowest BCUT2D eigenvalue weighted by Gasteiger charge is -2.32. The molecule has 1 heterocycles. The fourth-order valence-corrected chi connectivity index (χ4v) is 2.39. The Morgan fingerprint density at radius 2 is 1.88 bits per heavy atom. The van der Waals surface area contributed by atoms with E-state index < -0.39 is 23.6 Å². The van der Waals surface area contributed by atoms with Crippen molar-refractivity contribution in [3.63, 3.8) is 0 Å². The van der Waals surface area contributed by atoms with E-state index in [4.69, 9.17) is 14.2 Å². The number of hydrogen-bond donors (Lipinski definition) is 0. The van der Waals surface area contributed by atoms with Gasteiger partial charge in [-0.15, -0.1) is 6.58 Å². The maximum absolute atomic E-state index is 12.3. The van der Waals surface area contributed by atoms with Crippen LogP contribution in [-0.2, 0) is 19.0 Å². The smallest absolute Gasteiger partial charge is 0.338 e. The van der Waals surface area contributed by atoms with Crippen LogP contribution in [0.3, 0.4) is 0 Å². The van der Waals surface area contributed by atoms with Gasteiger partial charge in [-0.25, -0.2) is 4.79 Å². The van der Waals surface area contributed by atoms with Crippen molar-refractivity contribution in [2.24, 2.45) is 5.41 Å². The van der Waals surface area contributed by atoms with Crippen molar-refractivity contribution in [3.05, 3.63) is 60.7 Å². The number of carbonyl (C=O) groups is 2. The molecule has 1 aromatic carbocycles. The van der Waals surface area contributed by atoms with Gasteiger partial charge in [-0.1, -0.05) is 30.4 Å². The van der Waals surface area contributed by atoms with Crippen molar-refractivity contribution in [3.8, 4) is 0 Å². The van der Waals surface area contributed by atoms with Crippen LogP contribution in [0.25, 0.3) is 0 Å². The van der Waals surface area contributed by atoms with Crippen LogP contribution in [-0.4, -0.2) is 36.9 Å². The minimum atomic E-state index is -0.628. The molecule has 1 aliphatic rings. The van der Waals surface area contributed by atoms with E-state index in [1.165, 1.54) is 0 Å². The summed E-state index contributed by atoms with van der Waals surface area (Å²) in [5, 5.41) is 0. The van der Waals surface area contributed by atoms with Gasteiger partial charge in [0.1, 0.15) is 18.8 Å². The van der Waals surface area contributed by atoms with E-state index in [0.29, 0.717) is 12.0 Å². The Kier molecular flexibility index (Phi) is 6.75. The van der Waals surface area contributed by atoms with Gasteiger partial charge in [0.15, 0.2) is 0 Å². The Bertz CT molecular complexity index is 657. The van der Waals surface area contributed by atoms with Crippen LogP contribution >= 0.6 is 0 Å². The molecule has 0 saturated carbocycles. The predicted molar refractivity (Wildman–Crippen MR) is 98.7 cm³/mol. The van der Waals surface area contributed by atoms with Gasteiger partial charge < -0.3 is 14.2 Å². The lowest BCUT2D eigenvalue weighted by Crippen LogP contribution is -2.42. The molecule has 1 aromatic rings. The molecule has 0 amide bonds. The van der Waals surface area contributed by atoms with Gasteiger partial charge in [0, 0.05) is 0 Å². The fraction of sp³-hybridized carbons (Fsp3) is 0.429. The second-order valence-corrected chi connectivity index (χ2v) is 7.21. The predicted octanol–water partition coefficient (Wildman–Crippen LogP) is 3.70. The van der Waals surface area contributed by atoms with E-state index in [2.05, 4.69) is 6.58 Å². The van der Waals surface area contributed by atoms with Gasteiger partial charge >= 0.3 is 11.9 Å². The average molecular weight is 358 g/mol. The summed E-state index contributed by atoms with van der Waals surface area (Å²) in [7, 11) is 0. The maximum atomic E-state index is 12.3. The number of esters is 2. The number of rotatable bonds is 6. The summed E-state index contributed by atoms with van der Waals surface area (Å²) in [6.07, 6.45) is 4.63. The molecule has 5 nitrogen and oxygen atoms in total. The fourth-order valence-electron chi connectivity index (χ4n) is 2.39. The molecule has 0 unspecified atom stereocenters. The molecule has 0 spiro atoms. The van der Waals surface area contributed by atoms with Crippen LogP contribution in [0.1, 0.15) is 37.6 Å². The Balaban J connectivity index is 2.07. The van der Waals surface area contributed by atoms with Crippen LogP contribution in [0.4, 0.5) is 0 Å². The summed E-state index contributed by atoms with van der Waals surface area (Å²) in [6.45, 7) is 9.07. The van der Waals surface area contributed by atoms with Crippen LogP contribution in [0, 0.1) is 5.41 Å². The highest BCUT2D eigenvalue weighted by molar-refractivity contribution is 5.89. The molecule has 0 N–H and O–H groups in total. The SMILES string of the molecule is C=CC[C@@H]1C=C[C@H](OC(=O)c2ccccc2)[C@@H](COC(=O)C(C)(C)C)O1. The highest BCUT2D eigenvalue weighted by Crippen LogP contribution is 2.22. The van der Waals surface area contributed by atoms with E-state index in [9.17, 15) is 9.59 Å². The summed E-state index contributed by atoms with van der Waals surface area (Å²) in [4.78, 5) is 24.4. The highest BCUT2D eigenvalue weighted by atomic mass is 16.6. The first-order valence-corrected chi connectivity index (χ1v) is 8.69. The van der Waals surface area contributed by atoms with E-state index in [1.54, 1.807) is 57.2 Å². The zero-order chi connectivity index (χ0) is 19.2. The van der Waals surface area contributed by atoms with Crippen molar-refractivity contribution in [2.75, 3.05) is 6.61 Å². The first-order chi connectivity index (χ1) is 12.3. The second-order valence-electron chi connectivity index (χ2n) is 7.21. The number of carbonyl (C=O) groups excluding carboxylic acids is 2. The lowest BCUT2D eigenvalue weighted by atomic mass is 9.97. The highest BCUT2D eigenvalue weighted by Gasteiger charge is 2.33. The molecule has 3 atom stereocenters. The van der Waals surface area contributed by atoms with Gasteiger partial charge in [-0.2, -0.15) is 0 Å². The van der Waals surface area contributed by atoms with Crippen molar-refractivity contribution in [1.29, 1.82) is 0 Å². The van der Waals surface area contributed by atoms with Crippen LogP contribution < -0.4 is 0 Å². The zero-order valence-electron chi connectivity index (χ0n) is 15.5. The van der Waals surface area contributed by atoms with Crippen molar-refractivity contribution < 1.29 is 23.8 Å². The summed E-state index contributed by atoms with van der Waals surface area (Å²) >= 11 is 0. The summed E-state index contributed by atoms with van der Waals surface area (Å²) in [5.41, 5.74) is -0.152. The molecule has 2 rings (SSSR count). The van der Waals surface area contributed by atoms with Gasteiger partial charge in [-0.05, 0) is 45.4 Å². The minimum absolute atomic E-state index is 0.0147. The second kappa shape index (κ2) is 8.81. The molecule has 0 aliphatic carbocycles. The Morgan fingerprint density at radius 1 is 1.19 bits per heavy atom. The first kappa shape index (κ1) is 19.9. The maximum Gasteiger partial charge on any atom is 0.338 e. The summed E-state index contributed by atoms with van der Waals surface area (Å²) < 4.78 is 16.9. The molecule has 0 bridgehead atoms. The molecule has 5 heteroatoms. The molecule has 140 valence electrons. The van der Waals surface area contributed by atoms with E-state index >= 15 is 0 Å². The molecule has 26 heavy (non-hydrogen) atoms. The molecule has 0 radical (unpaired) electrons. The Morgan fingerprint density at radius 3 is 2.50 bits per heavy atom. The third-order valence-corrected chi connectivity index (χ3v) is 3.87. The topological polar surface area (TPSA) is 61.8 Å². The van der Waals surface area contributed by atoms with Gasteiger partial charge in [0.2, 0.25) is 0 Å². The Hall–Kier alpha value is -2.40. The lowest BCUT2D eigenvalue weighted by molar-refractivity contribution is -0.162. The largest absolute Gasteiger partial charge is 0.462 e. The van der Waals surface area contributed by atoms with E-state index in [1.807, 2.05) is 12.1 Å². The Labute approximate surface area is 154 Å². The van der Waals surface area contributed by atoms with Gasteiger partial charge in [-0.3, -0.25) is 4.79 Å². The monoisotopic (exact) mass is 358 g/mol. The average Bonchev–Trinajstić information content (AvgIpc) is 2.61. The van der Waals surface area contributed by atoms with Gasteiger partial charge in [0.05, 0.1) is 17.1 Å². The number of ether oxygens (including phenoxy) is 3. The van der Waals surface area contributed by atoms with E-state index in [-0.39, 0.29) is 18.7 Å². The normalized spacial score (nSPS) is 22.5. The molecular formula is C21H26O5. The van der Waals surface area contributed by atoms with Crippen molar-refractivity contribution >= 4 is 11.9 Å². The van der Waals surface area contributed by atoms with Crippen molar-refractivity contribution in [2.45, 2.75) is 45.5 Å². The minimum Gasteiger partial charge on any atom is -0.462 e. The van der Waals surface area contributed by atoms with Crippen molar-refractivity contribution in [1.82, 2.24) is 0 Å². The number of hydrogen-bond acceptors (Lipinski definition) is 5. The molecule has 0 saturated heterocycles. The quantitative estimate of drug-likeness (QED) is 0.573. The zero-order valence-corrected chi connectivity index (χ0v) is 15.5. The molecule has 0 aromatic heterocycles. The summed E-state index contributed by atoms with van der Waals surface area (Å²) in [6, 6.07) is 8.74. The molecule has 1 aliphatic heterocycles. The molecular weight excluding hydrogens is 332 g/mol. The number of benzene rings is 1. The summed E-state index contributed by atoms with van der Waals surface area (Å²) in [5.74, 6) is -0.776. The van der Waals surface area contributed by atoms with Crippen LogP contribution in [0.2, 0.25) is 0 Å². The van der Waals surface area contributed by atoms with E-state index in [0.717, 1.165) is 0 Å². The standard InChI is InChI=1S/C21H26O5/c1-5-9-16-12-13-17(26-19(22)15-10-7-6-8-11-15)18(25-16)14-24-20(23)21(2,3)4/h5-8,10-13,16-18H,1,9,14H2,2-4H3/t16-,17+,18-/m1/s1. The third kappa shape index (κ3) is 5.56. The van der Waals surface area contributed by atoms with Crippen LogP contribution in [0.5, 0.6) is 0 Å².